The Kier molecular flexibility index (Phi) is 4.22. The molecule has 1 aliphatic carbocycles. The molecule has 0 saturated heterocycles. The maximum Gasteiger partial charge on any atom is 0.261 e. The largest absolute Gasteiger partial charge is 0.327 e. The van der Waals surface area contributed by atoms with Crippen molar-refractivity contribution in [2.24, 2.45) is 5.73 Å². The summed E-state index contributed by atoms with van der Waals surface area (Å²) in [5.41, 5.74) is 9.18. The van der Waals surface area contributed by atoms with Gasteiger partial charge in [-0.15, -0.1) is 0 Å². The van der Waals surface area contributed by atoms with Gasteiger partial charge in [0.25, 0.3) is 10.0 Å². The van der Waals surface area contributed by atoms with Crippen molar-refractivity contribution in [2.75, 3.05) is 4.72 Å². The van der Waals surface area contributed by atoms with Gasteiger partial charge in [0.2, 0.25) is 0 Å². The molecule has 0 spiro atoms. The number of nitrogens with zero attached hydrogens (tertiary/aromatic N) is 1. The topological polar surface area (TPSA) is 85.1 Å². The van der Waals surface area contributed by atoms with Crippen molar-refractivity contribution in [1.82, 2.24) is 4.98 Å². The highest BCUT2D eigenvalue weighted by Crippen LogP contribution is 2.38. The van der Waals surface area contributed by atoms with Crippen LogP contribution in [-0.4, -0.2) is 19.4 Å². The van der Waals surface area contributed by atoms with Gasteiger partial charge in [-0.3, -0.25) is 9.71 Å². The lowest BCUT2D eigenvalue weighted by molar-refractivity contribution is 0.601. The fraction of sp³-hybridized carbons (Fsp3) is 0.150. The number of sulfonamides is 1. The van der Waals surface area contributed by atoms with Gasteiger partial charge in [0.1, 0.15) is 0 Å². The minimum absolute atomic E-state index is 0.230. The maximum absolute atomic E-state index is 12.5. The minimum atomic E-state index is -3.61. The van der Waals surface area contributed by atoms with Crippen LogP contribution in [0.25, 0.3) is 11.3 Å². The number of hydrogen-bond acceptors (Lipinski definition) is 4. The van der Waals surface area contributed by atoms with Gasteiger partial charge in [-0.05, 0) is 42.3 Å². The second kappa shape index (κ2) is 6.55. The Morgan fingerprint density at radius 2 is 1.77 bits per heavy atom. The zero-order valence-corrected chi connectivity index (χ0v) is 14.9. The zero-order valence-electron chi connectivity index (χ0n) is 14.0. The standard InChI is InChI=1S/C20H19N3O2S/c21-19-12-18(19)15-9-10-20(22-13-15)14-5-4-6-16(11-14)23-26(24,25)17-7-2-1-3-8-17/h1-11,13,18-19,23H,12,21H2. The number of aromatic nitrogens is 1. The fourth-order valence-electron chi connectivity index (χ4n) is 2.95. The molecule has 0 radical (unpaired) electrons. The third-order valence-corrected chi connectivity index (χ3v) is 5.92. The molecule has 2 aromatic carbocycles. The minimum Gasteiger partial charge on any atom is -0.327 e. The number of nitrogens with one attached hydrogen (secondary N) is 1. The summed E-state index contributed by atoms with van der Waals surface area (Å²) in [6, 6.07) is 19.8. The van der Waals surface area contributed by atoms with Crippen LogP contribution in [0.2, 0.25) is 0 Å². The van der Waals surface area contributed by atoms with Crippen molar-refractivity contribution in [2.45, 2.75) is 23.3 Å². The molecule has 2 atom stereocenters. The Morgan fingerprint density at radius 3 is 2.42 bits per heavy atom. The molecule has 4 rings (SSSR count). The molecule has 2 unspecified atom stereocenters. The van der Waals surface area contributed by atoms with E-state index in [1.807, 2.05) is 30.5 Å². The van der Waals surface area contributed by atoms with Crippen molar-refractivity contribution in [1.29, 1.82) is 0 Å². The van der Waals surface area contributed by atoms with Crippen LogP contribution in [0.1, 0.15) is 17.9 Å². The Balaban J connectivity index is 1.57. The van der Waals surface area contributed by atoms with Gasteiger partial charge in [-0.1, -0.05) is 36.4 Å². The summed E-state index contributed by atoms with van der Waals surface area (Å²) in [7, 11) is -3.61. The zero-order chi connectivity index (χ0) is 18.1. The number of pyridine rings is 1. The summed E-state index contributed by atoms with van der Waals surface area (Å²) in [6.45, 7) is 0. The van der Waals surface area contributed by atoms with Crippen LogP contribution in [0.5, 0.6) is 0 Å². The lowest BCUT2D eigenvalue weighted by atomic mass is 10.1. The molecule has 26 heavy (non-hydrogen) atoms. The molecule has 3 aromatic rings. The van der Waals surface area contributed by atoms with E-state index in [0.29, 0.717) is 11.6 Å². The first-order valence-corrected chi connectivity index (χ1v) is 9.91. The molecule has 5 nitrogen and oxygen atoms in total. The van der Waals surface area contributed by atoms with Crippen LogP contribution in [0.15, 0.2) is 77.8 Å². The highest BCUT2D eigenvalue weighted by molar-refractivity contribution is 7.92. The van der Waals surface area contributed by atoms with E-state index in [0.717, 1.165) is 23.2 Å². The third-order valence-electron chi connectivity index (χ3n) is 4.52. The van der Waals surface area contributed by atoms with Crippen molar-refractivity contribution >= 4 is 15.7 Å². The molecule has 132 valence electrons. The van der Waals surface area contributed by atoms with E-state index >= 15 is 0 Å². The molecule has 3 N–H and O–H groups in total. The summed E-state index contributed by atoms with van der Waals surface area (Å²) in [6.07, 6.45) is 2.87. The van der Waals surface area contributed by atoms with Gasteiger partial charge in [0, 0.05) is 29.4 Å². The predicted octanol–water partition coefficient (Wildman–Crippen LogP) is 3.36. The van der Waals surface area contributed by atoms with Crippen LogP contribution in [0, 0.1) is 0 Å². The van der Waals surface area contributed by atoms with E-state index in [4.69, 9.17) is 5.73 Å². The van der Waals surface area contributed by atoms with E-state index < -0.39 is 10.0 Å². The van der Waals surface area contributed by atoms with Crippen molar-refractivity contribution in [3.63, 3.8) is 0 Å². The smallest absolute Gasteiger partial charge is 0.261 e. The van der Waals surface area contributed by atoms with Crippen LogP contribution in [0.4, 0.5) is 5.69 Å². The van der Waals surface area contributed by atoms with Crippen LogP contribution in [0.3, 0.4) is 0 Å². The van der Waals surface area contributed by atoms with E-state index in [-0.39, 0.29) is 10.9 Å². The average molecular weight is 365 g/mol. The molecule has 1 aromatic heterocycles. The van der Waals surface area contributed by atoms with Crippen LogP contribution < -0.4 is 10.5 Å². The molecule has 1 heterocycles. The van der Waals surface area contributed by atoms with Gasteiger partial charge in [-0.2, -0.15) is 0 Å². The van der Waals surface area contributed by atoms with Crippen molar-refractivity contribution in [3.8, 4) is 11.3 Å². The van der Waals surface area contributed by atoms with E-state index in [2.05, 4.69) is 9.71 Å². The summed E-state index contributed by atoms with van der Waals surface area (Å²) < 4.78 is 27.6. The number of hydrogen-bond donors (Lipinski definition) is 2. The monoisotopic (exact) mass is 365 g/mol. The summed E-state index contributed by atoms with van der Waals surface area (Å²) in [5.74, 6) is 0.417. The van der Waals surface area contributed by atoms with Gasteiger partial charge in [0.05, 0.1) is 10.6 Å². The molecule has 1 aliphatic rings. The van der Waals surface area contributed by atoms with Crippen molar-refractivity contribution in [3.05, 3.63) is 78.5 Å². The second-order valence-electron chi connectivity index (χ2n) is 6.48. The van der Waals surface area contributed by atoms with Crippen LogP contribution >= 0.6 is 0 Å². The fourth-order valence-corrected chi connectivity index (χ4v) is 4.02. The van der Waals surface area contributed by atoms with Crippen LogP contribution in [-0.2, 0) is 10.0 Å². The first-order chi connectivity index (χ1) is 12.5. The Labute approximate surface area is 153 Å². The van der Waals surface area contributed by atoms with Gasteiger partial charge >= 0.3 is 0 Å². The molecule has 0 bridgehead atoms. The number of nitrogens with two attached hydrogens (primary N) is 1. The molecule has 0 aliphatic heterocycles. The highest BCUT2D eigenvalue weighted by Gasteiger charge is 2.34. The summed E-state index contributed by atoms with van der Waals surface area (Å²) >= 11 is 0. The summed E-state index contributed by atoms with van der Waals surface area (Å²) in [5, 5.41) is 0. The first kappa shape index (κ1) is 16.8. The number of rotatable bonds is 5. The second-order valence-corrected chi connectivity index (χ2v) is 8.16. The summed E-state index contributed by atoms with van der Waals surface area (Å²) in [4.78, 5) is 4.74. The predicted molar refractivity (Wildman–Crippen MR) is 102 cm³/mol. The van der Waals surface area contributed by atoms with E-state index in [1.54, 1.807) is 42.5 Å². The molecule has 0 amide bonds. The highest BCUT2D eigenvalue weighted by atomic mass is 32.2. The van der Waals surface area contributed by atoms with E-state index in [1.165, 1.54) is 0 Å². The average Bonchev–Trinajstić information content (AvgIpc) is 3.39. The maximum atomic E-state index is 12.5. The quantitative estimate of drug-likeness (QED) is 0.726. The molecular weight excluding hydrogens is 346 g/mol. The van der Waals surface area contributed by atoms with Crippen molar-refractivity contribution < 1.29 is 8.42 Å². The molecule has 6 heteroatoms. The van der Waals surface area contributed by atoms with Gasteiger partial charge < -0.3 is 5.73 Å². The Hall–Kier alpha value is -2.70. The SMILES string of the molecule is NC1CC1c1ccc(-c2cccc(NS(=O)(=O)c3ccccc3)c2)nc1. The third kappa shape index (κ3) is 3.47. The lowest BCUT2D eigenvalue weighted by Gasteiger charge is -2.10. The number of benzene rings is 2. The lowest BCUT2D eigenvalue weighted by Crippen LogP contribution is -2.12. The van der Waals surface area contributed by atoms with Gasteiger partial charge in [-0.25, -0.2) is 8.42 Å². The number of anilines is 1. The Bertz CT molecular complexity index is 1020. The van der Waals surface area contributed by atoms with E-state index in [9.17, 15) is 8.42 Å². The molecule has 1 fully saturated rings. The normalized spacial score (nSPS) is 19.1. The first-order valence-electron chi connectivity index (χ1n) is 8.43. The molecular formula is C20H19N3O2S. The van der Waals surface area contributed by atoms with Gasteiger partial charge in [0.15, 0.2) is 0 Å². The molecule has 1 saturated carbocycles. The Morgan fingerprint density at radius 1 is 1.00 bits per heavy atom.